The summed E-state index contributed by atoms with van der Waals surface area (Å²) in [6, 6.07) is 7.63. The summed E-state index contributed by atoms with van der Waals surface area (Å²) in [5, 5.41) is 6.05. The second-order valence-electron chi connectivity index (χ2n) is 5.97. The Bertz CT molecular complexity index is 1010. The number of hydrogen-bond donors (Lipinski definition) is 1. The van der Waals surface area contributed by atoms with E-state index in [0.717, 1.165) is 22.6 Å². The fraction of sp³-hybridized carbons (Fsp3) is 0.235. The molecule has 3 aromatic rings. The third-order valence-corrected chi connectivity index (χ3v) is 6.54. The van der Waals surface area contributed by atoms with Gasteiger partial charge in [0.05, 0.1) is 11.4 Å². The standard InChI is InChI=1S/C17H18FN3O2S2/c1-11(2)21-16(6-7-19-21)13-8-17(24-10-13)25(22,23)20-15-9-14(18)5-4-12(15)3/h4-11,20H,1-3H3. The first-order valence-electron chi connectivity index (χ1n) is 7.69. The highest BCUT2D eigenvalue weighted by atomic mass is 32.2. The highest BCUT2D eigenvalue weighted by Crippen LogP contribution is 2.31. The quantitative estimate of drug-likeness (QED) is 0.713. The second-order valence-corrected chi connectivity index (χ2v) is 8.79. The fourth-order valence-corrected chi connectivity index (χ4v) is 4.74. The predicted molar refractivity (Wildman–Crippen MR) is 97.9 cm³/mol. The van der Waals surface area contributed by atoms with Gasteiger partial charge in [-0.3, -0.25) is 9.40 Å². The van der Waals surface area contributed by atoms with Crippen molar-refractivity contribution in [3.63, 3.8) is 0 Å². The number of benzene rings is 1. The maximum Gasteiger partial charge on any atom is 0.271 e. The topological polar surface area (TPSA) is 64.0 Å². The molecule has 0 radical (unpaired) electrons. The van der Waals surface area contributed by atoms with Gasteiger partial charge >= 0.3 is 0 Å². The molecule has 1 aromatic carbocycles. The Balaban J connectivity index is 1.93. The van der Waals surface area contributed by atoms with Crippen LogP contribution >= 0.6 is 11.3 Å². The number of nitrogens with one attached hydrogen (secondary N) is 1. The van der Waals surface area contributed by atoms with Crippen LogP contribution in [0.4, 0.5) is 10.1 Å². The Kier molecular flexibility index (Phi) is 4.66. The SMILES string of the molecule is Cc1ccc(F)cc1NS(=O)(=O)c1cc(-c2ccnn2C(C)C)cs1. The molecule has 0 fully saturated rings. The van der Waals surface area contributed by atoms with E-state index in [-0.39, 0.29) is 15.9 Å². The molecule has 0 aliphatic heterocycles. The molecule has 2 heterocycles. The largest absolute Gasteiger partial charge is 0.279 e. The summed E-state index contributed by atoms with van der Waals surface area (Å²) in [6.45, 7) is 5.74. The molecular formula is C17H18FN3O2S2. The fourth-order valence-electron chi connectivity index (χ4n) is 2.45. The lowest BCUT2D eigenvalue weighted by Crippen LogP contribution is -2.12. The first-order chi connectivity index (χ1) is 11.8. The number of sulfonamides is 1. The van der Waals surface area contributed by atoms with Crippen LogP contribution in [0.25, 0.3) is 11.3 Å². The molecular weight excluding hydrogens is 361 g/mol. The first-order valence-corrected chi connectivity index (χ1v) is 10.1. The van der Waals surface area contributed by atoms with Crippen molar-refractivity contribution in [1.82, 2.24) is 9.78 Å². The monoisotopic (exact) mass is 379 g/mol. The molecule has 0 spiro atoms. The average Bonchev–Trinajstić information content (AvgIpc) is 3.18. The molecule has 0 aliphatic carbocycles. The molecule has 0 unspecified atom stereocenters. The van der Waals surface area contributed by atoms with Gasteiger partial charge in [0.15, 0.2) is 0 Å². The number of thiophene rings is 1. The summed E-state index contributed by atoms with van der Waals surface area (Å²) >= 11 is 1.12. The summed E-state index contributed by atoms with van der Waals surface area (Å²) in [4.78, 5) is 0. The molecule has 3 rings (SSSR count). The number of aromatic nitrogens is 2. The summed E-state index contributed by atoms with van der Waals surface area (Å²) < 4.78 is 43.1. The predicted octanol–water partition coefficient (Wildman–Crippen LogP) is 4.44. The summed E-state index contributed by atoms with van der Waals surface area (Å²) in [5.41, 5.74) is 2.53. The van der Waals surface area contributed by atoms with Crippen molar-refractivity contribution in [3.8, 4) is 11.3 Å². The molecule has 2 aromatic heterocycles. The smallest absolute Gasteiger partial charge is 0.271 e. The van der Waals surface area contributed by atoms with Crippen molar-refractivity contribution >= 4 is 27.0 Å². The molecule has 0 saturated heterocycles. The highest BCUT2D eigenvalue weighted by Gasteiger charge is 2.20. The second kappa shape index (κ2) is 6.61. The van der Waals surface area contributed by atoms with Crippen molar-refractivity contribution in [2.75, 3.05) is 4.72 Å². The lowest BCUT2D eigenvalue weighted by atomic mass is 10.2. The van der Waals surface area contributed by atoms with E-state index < -0.39 is 15.8 Å². The van der Waals surface area contributed by atoms with Crippen LogP contribution in [-0.2, 0) is 10.0 Å². The van der Waals surface area contributed by atoms with Crippen molar-refractivity contribution < 1.29 is 12.8 Å². The van der Waals surface area contributed by atoms with Crippen LogP contribution in [-0.4, -0.2) is 18.2 Å². The van der Waals surface area contributed by atoms with Gasteiger partial charge in [0.1, 0.15) is 10.0 Å². The van der Waals surface area contributed by atoms with Crippen LogP contribution < -0.4 is 4.72 Å². The van der Waals surface area contributed by atoms with E-state index in [9.17, 15) is 12.8 Å². The third-order valence-electron chi connectivity index (χ3n) is 3.74. The zero-order chi connectivity index (χ0) is 18.2. The number of halogens is 1. The maximum atomic E-state index is 13.4. The van der Waals surface area contributed by atoms with Gasteiger partial charge in [-0.15, -0.1) is 11.3 Å². The van der Waals surface area contributed by atoms with Crippen LogP contribution in [0.3, 0.4) is 0 Å². The van der Waals surface area contributed by atoms with Crippen LogP contribution in [0.5, 0.6) is 0 Å². The molecule has 25 heavy (non-hydrogen) atoms. The Morgan fingerprint density at radius 2 is 2.00 bits per heavy atom. The van der Waals surface area contributed by atoms with E-state index in [1.807, 2.05) is 24.6 Å². The van der Waals surface area contributed by atoms with E-state index in [0.29, 0.717) is 5.56 Å². The molecule has 1 N–H and O–H groups in total. The van der Waals surface area contributed by atoms with Crippen molar-refractivity contribution in [2.24, 2.45) is 0 Å². The summed E-state index contributed by atoms with van der Waals surface area (Å²) in [7, 11) is -3.78. The van der Waals surface area contributed by atoms with Gasteiger partial charge in [-0.25, -0.2) is 12.8 Å². The lowest BCUT2D eigenvalue weighted by Gasteiger charge is -2.10. The Hall–Kier alpha value is -2.19. The summed E-state index contributed by atoms with van der Waals surface area (Å²) in [5.74, 6) is -0.490. The Morgan fingerprint density at radius 3 is 2.72 bits per heavy atom. The van der Waals surface area contributed by atoms with Crippen molar-refractivity contribution in [1.29, 1.82) is 0 Å². The molecule has 0 aliphatic rings. The van der Waals surface area contributed by atoms with Gasteiger partial charge in [-0.1, -0.05) is 6.07 Å². The Morgan fingerprint density at radius 1 is 1.24 bits per heavy atom. The lowest BCUT2D eigenvalue weighted by molar-refractivity contribution is 0.538. The van der Waals surface area contributed by atoms with Crippen molar-refractivity contribution in [2.45, 2.75) is 31.0 Å². The number of nitrogens with zero attached hydrogens (tertiary/aromatic N) is 2. The minimum absolute atomic E-state index is 0.165. The van der Waals surface area contributed by atoms with Gasteiger partial charge in [-0.2, -0.15) is 5.10 Å². The van der Waals surface area contributed by atoms with Gasteiger partial charge in [0.2, 0.25) is 0 Å². The van der Waals surface area contributed by atoms with Crippen LogP contribution in [0.15, 0.2) is 46.1 Å². The number of rotatable bonds is 5. The number of hydrogen-bond acceptors (Lipinski definition) is 4. The minimum Gasteiger partial charge on any atom is -0.279 e. The van der Waals surface area contributed by atoms with Crippen LogP contribution in [0.1, 0.15) is 25.5 Å². The van der Waals surface area contributed by atoms with Crippen LogP contribution in [0, 0.1) is 12.7 Å². The third kappa shape index (κ3) is 3.59. The number of aryl methyl sites for hydroxylation is 1. The van der Waals surface area contributed by atoms with Gasteiger partial charge in [-0.05, 0) is 50.6 Å². The average molecular weight is 379 g/mol. The maximum absolute atomic E-state index is 13.4. The van der Waals surface area contributed by atoms with Gasteiger partial charge in [0, 0.05) is 23.2 Å². The van der Waals surface area contributed by atoms with Gasteiger partial charge < -0.3 is 0 Å². The van der Waals surface area contributed by atoms with E-state index in [1.165, 1.54) is 18.2 Å². The molecule has 0 amide bonds. The molecule has 8 heteroatoms. The van der Waals surface area contributed by atoms with E-state index in [2.05, 4.69) is 9.82 Å². The van der Waals surface area contributed by atoms with E-state index in [4.69, 9.17) is 0 Å². The molecule has 0 bridgehead atoms. The van der Waals surface area contributed by atoms with Crippen molar-refractivity contribution in [3.05, 3.63) is 53.3 Å². The molecule has 0 saturated carbocycles. The zero-order valence-corrected chi connectivity index (χ0v) is 15.7. The normalized spacial score (nSPS) is 11.9. The first kappa shape index (κ1) is 17.6. The van der Waals surface area contributed by atoms with Crippen LogP contribution in [0.2, 0.25) is 0 Å². The van der Waals surface area contributed by atoms with Gasteiger partial charge in [0.25, 0.3) is 10.0 Å². The molecule has 0 atom stereocenters. The Labute approximate surface area is 150 Å². The highest BCUT2D eigenvalue weighted by molar-refractivity contribution is 7.94. The molecule has 132 valence electrons. The van der Waals surface area contributed by atoms with E-state index >= 15 is 0 Å². The molecule has 5 nitrogen and oxygen atoms in total. The zero-order valence-electron chi connectivity index (χ0n) is 14.0. The minimum atomic E-state index is -3.78. The number of anilines is 1. The summed E-state index contributed by atoms with van der Waals surface area (Å²) in [6.07, 6.45) is 1.69. The van der Waals surface area contributed by atoms with E-state index in [1.54, 1.807) is 24.6 Å².